The maximum absolute atomic E-state index is 5.95. The van der Waals surface area contributed by atoms with Gasteiger partial charge in [0.1, 0.15) is 0 Å². The van der Waals surface area contributed by atoms with Crippen LogP contribution in [-0.2, 0) is 11.3 Å². The molecule has 164 valence electrons. The Morgan fingerprint density at radius 2 is 1.83 bits per heavy atom. The van der Waals surface area contributed by atoms with E-state index in [1.54, 1.807) is 0 Å². The average Bonchev–Trinajstić information content (AvgIpc) is 3.21. The van der Waals surface area contributed by atoms with E-state index in [4.69, 9.17) is 4.74 Å². The number of hydrogen-bond acceptors (Lipinski definition) is 3. The molecule has 5 nitrogen and oxygen atoms in total. The summed E-state index contributed by atoms with van der Waals surface area (Å²) in [5.74, 6) is 2.53. The Morgan fingerprint density at radius 1 is 1.10 bits per heavy atom. The van der Waals surface area contributed by atoms with Crippen molar-refractivity contribution in [2.45, 2.75) is 39.2 Å². The Balaban J connectivity index is 0.00000300. The van der Waals surface area contributed by atoms with Crippen molar-refractivity contribution in [3.05, 3.63) is 35.9 Å². The lowest BCUT2D eigenvalue weighted by Gasteiger charge is -2.31. The van der Waals surface area contributed by atoms with Gasteiger partial charge in [0, 0.05) is 32.6 Å². The summed E-state index contributed by atoms with van der Waals surface area (Å²) < 4.78 is 5.95. The second-order valence-electron chi connectivity index (χ2n) is 8.24. The van der Waals surface area contributed by atoms with Crippen molar-refractivity contribution >= 4 is 29.9 Å². The van der Waals surface area contributed by atoms with Gasteiger partial charge in [0.2, 0.25) is 0 Å². The molecule has 0 amide bonds. The Labute approximate surface area is 194 Å². The number of benzene rings is 1. The van der Waals surface area contributed by atoms with Gasteiger partial charge in [0.25, 0.3) is 0 Å². The van der Waals surface area contributed by atoms with Crippen LogP contribution in [0.25, 0.3) is 0 Å². The van der Waals surface area contributed by atoms with E-state index >= 15 is 0 Å². The fraction of sp³-hybridized carbons (Fsp3) is 0.696. The lowest BCUT2D eigenvalue weighted by Crippen LogP contribution is -2.41. The zero-order valence-electron chi connectivity index (χ0n) is 18.2. The molecule has 1 N–H and O–H groups in total. The first-order valence-corrected chi connectivity index (χ1v) is 11.1. The summed E-state index contributed by atoms with van der Waals surface area (Å²) in [6.45, 7) is 10.7. The van der Waals surface area contributed by atoms with E-state index in [-0.39, 0.29) is 24.0 Å². The zero-order chi connectivity index (χ0) is 19.6. The van der Waals surface area contributed by atoms with E-state index in [0.717, 1.165) is 38.1 Å². The Morgan fingerprint density at radius 3 is 2.52 bits per heavy atom. The predicted molar refractivity (Wildman–Crippen MR) is 132 cm³/mol. The molecule has 2 aliphatic heterocycles. The van der Waals surface area contributed by atoms with Crippen molar-refractivity contribution in [1.82, 2.24) is 15.1 Å². The maximum atomic E-state index is 5.95. The number of ether oxygens (including phenoxy) is 1. The molecule has 1 aromatic carbocycles. The van der Waals surface area contributed by atoms with Gasteiger partial charge >= 0.3 is 0 Å². The third-order valence-corrected chi connectivity index (χ3v) is 6.25. The molecule has 2 heterocycles. The summed E-state index contributed by atoms with van der Waals surface area (Å²) in [6.07, 6.45) is 5.14. The highest BCUT2D eigenvalue weighted by Gasteiger charge is 2.25. The minimum absolute atomic E-state index is 0. The Hall–Kier alpha value is -0.860. The molecule has 1 atom stereocenters. The van der Waals surface area contributed by atoms with Gasteiger partial charge in [0.15, 0.2) is 5.96 Å². The van der Waals surface area contributed by atoms with Gasteiger partial charge in [-0.2, -0.15) is 0 Å². The molecule has 29 heavy (non-hydrogen) atoms. The Bertz CT molecular complexity index is 590. The molecule has 0 spiro atoms. The van der Waals surface area contributed by atoms with Crippen molar-refractivity contribution in [1.29, 1.82) is 0 Å². The number of halogens is 1. The molecule has 2 saturated heterocycles. The molecule has 0 aliphatic carbocycles. The minimum atomic E-state index is 0. The Kier molecular flexibility index (Phi) is 11.3. The van der Waals surface area contributed by atoms with Gasteiger partial charge in [-0.25, -0.2) is 0 Å². The molecular formula is C23H39IN4O. The van der Waals surface area contributed by atoms with Crippen LogP contribution >= 0.6 is 24.0 Å². The van der Waals surface area contributed by atoms with Crippen LogP contribution in [0.15, 0.2) is 35.3 Å². The van der Waals surface area contributed by atoms with E-state index in [0.29, 0.717) is 12.5 Å². The molecule has 2 aliphatic rings. The van der Waals surface area contributed by atoms with Crippen LogP contribution in [0.1, 0.15) is 38.2 Å². The second kappa shape index (κ2) is 13.4. The first-order valence-electron chi connectivity index (χ1n) is 11.1. The lowest BCUT2D eigenvalue weighted by atomic mass is 9.93. The van der Waals surface area contributed by atoms with Crippen molar-refractivity contribution in [3.8, 4) is 0 Å². The highest BCUT2D eigenvalue weighted by molar-refractivity contribution is 14.0. The average molecular weight is 514 g/mol. The minimum Gasteiger partial charge on any atom is -0.376 e. The molecule has 1 unspecified atom stereocenters. The van der Waals surface area contributed by atoms with Crippen LogP contribution in [0.5, 0.6) is 0 Å². The highest BCUT2D eigenvalue weighted by Crippen LogP contribution is 2.20. The van der Waals surface area contributed by atoms with Crippen molar-refractivity contribution in [3.63, 3.8) is 0 Å². The summed E-state index contributed by atoms with van der Waals surface area (Å²) in [4.78, 5) is 9.48. The van der Waals surface area contributed by atoms with Crippen LogP contribution in [0.4, 0.5) is 0 Å². The number of nitrogens with zero attached hydrogens (tertiary/aromatic N) is 3. The van der Waals surface area contributed by atoms with Gasteiger partial charge in [0.05, 0.1) is 13.2 Å². The molecule has 3 rings (SSSR count). The van der Waals surface area contributed by atoms with E-state index in [9.17, 15) is 0 Å². The molecule has 0 bridgehead atoms. The van der Waals surface area contributed by atoms with Crippen LogP contribution in [0, 0.1) is 11.8 Å². The first-order chi connectivity index (χ1) is 13.8. The molecule has 0 radical (unpaired) electrons. The summed E-state index contributed by atoms with van der Waals surface area (Å²) in [7, 11) is 1.90. The van der Waals surface area contributed by atoms with E-state index in [1.807, 2.05) is 13.1 Å². The van der Waals surface area contributed by atoms with Gasteiger partial charge in [-0.15, -0.1) is 24.0 Å². The number of rotatable bonds is 8. The fourth-order valence-corrected chi connectivity index (χ4v) is 4.39. The topological polar surface area (TPSA) is 40.1 Å². The highest BCUT2D eigenvalue weighted by atomic mass is 127. The number of piperidine rings is 1. The van der Waals surface area contributed by atoms with Gasteiger partial charge < -0.3 is 19.9 Å². The molecular weight excluding hydrogens is 475 g/mol. The monoisotopic (exact) mass is 514 g/mol. The van der Waals surface area contributed by atoms with Crippen molar-refractivity contribution in [2.75, 3.05) is 52.9 Å². The van der Waals surface area contributed by atoms with Gasteiger partial charge in [-0.05, 0) is 56.8 Å². The molecule has 1 aromatic rings. The third kappa shape index (κ3) is 8.06. The first kappa shape index (κ1) is 24.4. The molecule has 0 aromatic heterocycles. The standard InChI is InChI=1S/C23H38N4O.HI/c1-3-26-14-10-20(11-15-26)9-13-25-23(24-2)27-16-12-22(17-27)19-28-18-21-7-5-4-6-8-21;/h4-8,20,22H,3,9-19H2,1-2H3,(H,24,25);1H. The quantitative estimate of drug-likeness (QED) is 0.325. The number of likely N-dealkylation sites (tertiary alicyclic amines) is 2. The molecule has 2 fully saturated rings. The van der Waals surface area contributed by atoms with E-state index in [2.05, 4.69) is 51.3 Å². The maximum Gasteiger partial charge on any atom is 0.193 e. The summed E-state index contributed by atoms with van der Waals surface area (Å²) >= 11 is 0. The van der Waals surface area contributed by atoms with Gasteiger partial charge in [-0.3, -0.25) is 4.99 Å². The predicted octanol–water partition coefficient (Wildman–Crippen LogP) is 3.84. The van der Waals surface area contributed by atoms with Crippen LogP contribution in [-0.4, -0.2) is 68.7 Å². The van der Waals surface area contributed by atoms with Crippen molar-refractivity contribution in [2.24, 2.45) is 16.8 Å². The van der Waals surface area contributed by atoms with Crippen LogP contribution in [0.2, 0.25) is 0 Å². The SMILES string of the molecule is CCN1CCC(CCNC(=NC)N2CCC(COCc3ccccc3)C2)CC1.I. The lowest BCUT2D eigenvalue weighted by molar-refractivity contribution is 0.0906. The van der Waals surface area contributed by atoms with E-state index in [1.165, 1.54) is 50.9 Å². The summed E-state index contributed by atoms with van der Waals surface area (Å²) in [5, 5.41) is 3.61. The smallest absolute Gasteiger partial charge is 0.193 e. The van der Waals surface area contributed by atoms with Crippen LogP contribution in [0.3, 0.4) is 0 Å². The number of nitrogens with one attached hydrogen (secondary N) is 1. The molecule has 0 saturated carbocycles. The number of aliphatic imine (C=N–C) groups is 1. The largest absolute Gasteiger partial charge is 0.376 e. The fourth-order valence-electron chi connectivity index (χ4n) is 4.39. The van der Waals surface area contributed by atoms with Gasteiger partial charge in [-0.1, -0.05) is 37.3 Å². The normalized spacial score (nSPS) is 21.2. The van der Waals surface area contributed by atoms with Crippen molar-refractivity contribution < 1.29 is 4.74 Å². The van der Waals surface area contributed by atoms with E-state index < -0.39 is 0 Å². The van der Waals surface area contributed by atoms with Crippen LogP contribution < -0.4 is 5.32 Å². The molecule has 6 heteroatoms. The second-order valence-corrected chi connectivity index (χ2v) is 8.24. The zero-order valence-corrected chi connectivity index (χ0v) is 20.5. The summed E-state index contributed by atoms with van der Waals surface area (Å²) in [5.41, 5.74) is 1.25. The third-order valence-electron chi connectivity index (χ3n) is 6.25. The number of guanidine groups is 1. The number of hydrogen-bond donors (Lipinski definition) is 1. The summed E-state index contributed by atoms with van der Waals surface area (Å²) in [6, 6.07) is 10.4.